The Kier molecular flexibility index (Phi) is 5.29. The van der Waals surface area contributed by atoms with Crippen molar-refractivity contribution in [2.75, 3.05) is 7.11 Å². The number of carbonyl (C=O) groups excluding carboxylic acids is 1. The number of nitrogens with zero attached hydrogens (tertiary/aromatic N) is 1. The molecule has 0 saturated heterocycles. The molecule has 0 amide bonds. The van der Waals surface area contributed by atoms with Crippen LogP contribution in [-0.4, -0.2) is 13.1 Å². The summed E-state index contributed by atoms with van der Waals surface area (Å²) in [6.07, 6.45) is 0. The minimum absolute atomic E-state index is 0.167. The van der Waals surface area contributed by atoms with Crippen LogP contribution in [0.5, 0.6) is 11.5 Å². The minimum Gasteiger partial charge on any atom is -0.465 e. The number of benzene rings is 2. The van der Waals surface area contributed by atoms with Crippen molar-refractivity contribution < 1.29 is 14.3 Å². The number of ether oxygens (including phenoxy) is 2. The third-order valence-electron chi connectivity index (χ3n) is 2.59. The lowest BCUT2D eigenvalue weighted by Crippen LogP contribution is -2.03. The van der Waals surface area contributed by atoms with Gasteiger partial charge in [-0.2, -0.15) is 0 Å². The molecule has 0 spiro atoms. The molecule has 0 fully saturated rings. The smallest absolute Gasteiger partial charge is 0.341 e. The highest BCUT2D eigenvalue weighted by molar-refractivity contribution is 14.1. The molecule has 108 valence electrons. The summed E-state index contributed by atoms with van der Waals surface area (Å²) in [4.78, 5) is 22.6. The number of hydrogen-bond donors (Lipinski definition) is 0. The molecular weight excluding hydrogens is 453 g/mol. The van der Waals surface area contributed by atoms with E-state index in [1.54, 1.807) is 36.4 Å². The van der Waals surface area contributed by atoms with Gasteiger partial charge in [-0.15, -0.1) is 4.91 Å². The molecule has 0 heterocycles. The van der Waals surface area contributed by atoms with Crippen molar-refractivity contribution in [3.63, 3.8) is 0 Å². The highest BCUT2D eigenvalue weighted by atomic mass is 127. The van der Waals surface area contributed by atoms with Gasteiger partial charge in [0.1, 0.15) is 11.3 Å². The van der Waals surface area contributed by atoms with Crippen molar-refractivity contribution >= 4 is 50.2 Å². The van der Waals surface area contributed by atoms with Gasteiger partial charge in [0.15, 0.2) is 11.4 Å². The van der Waals surface area contributed by atoms with E-state index in [-0.39, 0.29) is 22.7 Å². The molecule has 0 N–H and O–H groups in total. The van der Waals surface area contributed by atoms with Crippen molar-refractivity contribution in [1.29, 1.82) is 0 Å². The standard InChI is InChI=1S/C14H9BrINO4/c1-20-14(18)10-6-8(15)2-4-12(10)21-13-5-3-9(16)7-11(13)17-19/h2-7H,1H3. The van der Waals surface area contributed by atoms with Crippen LogP contribution in [0.25, 0.3) is 0 Å². The van der Waals surface area contributed by atoms with E-state index in [2.05, 4.69) is 43.7 Å². The van der Waals surface area contributed by atoms with E-state index in [4.69, 9.17) is 9.47 Å². The number of halogens is 2. The quantitative estimate of drug-likeness (QED) is 0.364. The maximum absolute atomic E-state index is 11.8. The van der Waals surface area contributed by atoms with E-state index in [9.17, 15) is 9.70 Å². The average molecular weight is 462 g/mol. The van der Waals surface area contributed by atoms with Gasteiger partial charge in [-0.1, -0.05) is 15.9 Å². The van der Waals surface area contributed by atoms with Crippen LogP contribution in [0.4, 0.5) is 5.69 Å². The molecule has 0 aromatic heterocycles. The second kappa shape index (κ2) is 6.99. The highest BCUT2D eigenvalue weighted by Crippen LogP contribution is 2.35. The Bertz CT molecular complexity index is 705. The number of rotatable bonds is 4. The van der Waals surface area contributed by atoms with Crippen LogP contribution in [0, 0.1) is 8.48 Å². The summed E-state index contributed by atoms with van der Waals surface area (Å²) in [5, 5.41) is 2.93. The van der Waals surface area contributed by atoms with E-state index < -0.39 is 5.97 Å². The monoisotopic (exact) mass is 461 g/mol. The molecule has 0 radical (unpaired) electrons. The summed E-state index contributed by atoms with van der Waals surface area (Å²) in [6.45, 7) is 0. The molecule has 0 bridgehead atoms. The van der Waals surface area contributed by atoms with Gasteiger partial charge in [0.2, 0.25) is 0 Å². The largest absolute Gasteiger partial charge is 0.465 e. The molecule has 5 nitrogen and oxygen atoms in total. The van der Waals surface area contributed by atoms with E-state index in [0.717, 1.165) is 3.57 Å². The first kappa shape index (κ1) is 15.9. The van der Waals surface area contributed by atoms with Crippen molar-refractivity contribution in [3.8, 4) is 11.5 Å². The first-order valence-corrected chi connectivity index (χ1v) is 7.61. The van der Waals surface area contributed by atoms with Crippen LogP contribution in [-0.2, 0) is 4.74 Å². The molecule has 7 heteroatoms. The van der Waals surface area contributed by atoms with Crippen LogP contribution in [0.2, 0.25) is 0 Å². The molecule has 2 rings (SSSR count). The van der Waals surface area contributed by atoms with Crippen molar-refractivity contribution in [2.24, 2.45) is 5.18 Å². The molecule has 0 unspecified atom stereocenters. The van der Waals surface area contributed by atoms with E-state index in [0.29, 0.717) is 4.47 Å². The van der Waals surface area contributed by atoms with Crippen LogP contribution >= 0.6 is 38.5 Å². The second-order valence-corrected chi connectivity index (χ2v) is 6.10. The lowest BCUT2D eigenvalue weighted by molar-refractivity contribution is 0.0598. The third-order valence-corrected chi connectivity index (χ3v) is 3.75. The van der Waals surface area contributed by atoms with Gasteiger partial charge in [0.05, 0.1) is 7.11 Å². The van der Waals surface area contributed by atoms with Crippen molar-refractivity contribution in [3.05, 3.63) is 54.9 Å². The Labute approximate surface area is 142 Å². The maximum Gasteiger partial charge on any atom is 0.341 e. The highest BCUT2D eigenvalue weighted by Gasteiger charge is 2.16. The molecule has 0 atom stereocenters. The van der Waals surface area contributed by atoms with Gasteiger partial charge < -0.3 is 9.47 Å². The van der Waals surface area contributed by atoms with Gasteiger partial charge in [0.25, 0.3) is 0 Å². The zero-order valence-electron chi connectivity index (χ0n) is 10.8. The number of hydrogen-bond acceptors (Lipinski definition) is 5. The maximum atomic E-state index is 11.8. The number of nitroso groups, excluding NO2 is 1. The Morgan fingerprint density at radius 1 is 1.19 bits per heavy atom. The summed E-state index contributed by atoms with van der Waals surface area (Å²) in [6, 6.07) is 9.93. The zero-order chi connectivity index (χ0) is 15.4. The molecule has 0 aliphatic rings. The molecule has 0 aliphatic heterocycles. The SMILES string of the molecule is COC(=O)c1cc(Br)ccc1Oc1ccc(I)cc1N=O. The Hall–Kier alpha value is -1.48. The second-order valence-electron chi connectivity index (χ2n) is 3.94. The summed E-state index contributed by atoms with van der Waals surface area (Å²) in [5.41, 5.74) is 0.419. The van der Waals surface area contributed by atoms with Gasteiger partial charge in [-0.25, -0.2) is 4.79 Å². The molecule has 0 aliphatic carbocycles. The Balaban J connectivity index is 2.44. The summed E-state index contributed by atoms with van der Waals surface area (Å²) < 4.78 is 11.9. The Morgan fingerprint density at radius 2 is 1.90 bits per heavy atom. The molecule has 2 aromatic carbocycles. The first-order chi connectivity index (χ1) is 10.0. The van der Waals surface area contributed by atoms with Crippen LogP contribution in [0.3, 0.4) is 0 Å². The van der Waals surface area contributed by atoms with E-state index >= 15 is 0 Å². The first-order valence-electron chi connectivity index (χ1n) is 5.73. The normalized spacial score (nSPS) is 10.0. The van der Waals surface area contributed by atoms with Gasteiger partial charge in [-0.3, -0.25) is 0 Å². The van der Waals surface area contributed by atoms with Crippen LogP contribution < -0.4 is 4.74 Å². The fourth-order valence-corrected chi connectivity index (χ4v) is 2.46. The van der Waals surface area contributed by atoms with Crippen LogP contribution in [0.1, 0.15) is 10.4 Å². The molecule has 2 aromatic rings. The van der Waals surface area contributed by atoms with Gasteiger partial charge >= 0.3 is 5.97 Å². The van der Waals surface area contributed by atoms with Crippen LogP contribution in [0.15, 0.2) is 46.0 Å². The topological polar surface area (TPSA) is 65.0 Å². The summed E-state index contributed by atoms with van der Waals surface area (Å²) >= 11 is 5.35. The third kappa shape index (κ3) is 3.79. The van der Waals surface area contributed by atoms with E-state index in [1.807, 2.05) is 0 Å². The van der Waals surface area contributed by atoms with E-state index in [1.165, 1.54) is 7.11 Å². The Morgan fingerprint density at radius 3 is 2.57 bits per heavy atom. The number of esters is 1. The van der Waals surface area contributed by atoms with Crippen molar-refractivity contribution in [1.82, 2.24) is 0 Å². The number of carbonyl (C=O) groups is 1. The minimum atomic E-state index is -0.530. The van der Waals surface area contributed by atoms with Crippen molar-refractivity contribution in [2.45, 2.75) is 0 Å². The molecular formula is C14H9BrINO4. The molecule has 21 heavy (non-hydrogen) atoms. The predicted molar refractivity (Wildman–Crippen MR) is 90.2 cm³/mol. The van der Waals surface area contributed by atoms with Gasteiger partial charge in [-0.05, 0) is 64.2 Å². The zero-order valence-corrected chi connectivity index (χ0v) is 14.5. The lowest BCUT2D eigenvalue weighted by atomic mass is 10.2. The molecule has 0 saturated carbocycles. The fraction of sp³-hybridized carbons (Fsp3) is 0.0714. The summed E-state index contributed by atoms with van der Waals surface area (Å²) in [5.74, 6) is 0.0338. The predicted octanol–water partition coefficient (Wildman–Crippen LogP) is 5.03. The number of methoxy groups -OCH3 is 1. The summed E-state index contributed by atoms with van der Waals surface area (Å²) in [7, 11) is 1.29. The van der Waals surface area contributed by atoms with Gasteiger partial charge in [0, 0.05) is 8.04 Å². The fourth-order valence-electron chi connectivity index (χ4n) is 1.63. The lowest BCUT2D eigenvalue weighted by Gasteiger charge is -2.11. The average Bonchev–Trinajstić information content (AvgIpc) is 2.49.